The van der Waals surface area contributed by atoms with Gasteiger partial charge in [0.15, 0.2) is 0 Å². The number of nitrogens with zero attached hydrogens (tertiary/aromatic N) is 1. The number of unbranched alkanes of at least 4 members (excludes halogenated alkanes) is 5. The summed E-state index contributed by atoms with van der Waals surface area (Å²) in [5, 5.41) is 0. The third-order valence-corrected chi connectivity index (χ3v) is 10.0. The fourth-order valence-corrected chi connectivity index (χ4v) is 7.28. The molecule has 4 aromatic carbocycles. The Morgan fingerprint density at radius 1 is 0.543 bits per heavy atom. The fraction of sp³-hybridized carbons (Fsp3) is 0.467. The highest BCUT2D eigenvalue weighted by Crippen LogP contribution is 2.39. The highest BCUT2D eigenvalue weighted by Gasteiger charge is 2.17. The first kappa shape index (κ1) is 35.5. The van der Waals surface area contributed by atoms with Gasteiger partial charge in [0, 0.05) is 17.1 Å². The molecule has 4 rings (SSSR count). The van der Waals surface area contributed by atoms with Crippen LogP contribution in [-0.4, -0.2) is 0 Å². The van der Waals surface area contributed by atoms with Gasteiger partial charge in [0.2, 0.25) is 0 Å². The zero-order chi connectivity index (χ0) is 32.9. The summed E-state index contributed by atoms with van der Waals surface area (Å²) in [4.78, 5) is 2.42. The summed E-state index contributed by atoms with van der Waals surface area (Å²) in [6.07, 6.45) is 15.3. The van der Waals surface area contributed by atoms with E-state index in [9.17, 15) is 0 Å². The van der Waals surface area contributed by atoms with Crippen LogP contribution >= 0.6 is 0 Å². The summed E-state index contributed by atoms with van der Waals surface area (Å²) in [6, 6.07) is 32.8. The molecule has 1 nitrogen and oxygen atoms in total. The molecule has 1 heteroatoms. The molecule has 0 aliphatic rings. The van der Waals surface area contributed by atoms with E-state index in [1.165, 1.54) is 127 Å². The van der Waals surface area contributed by atoms with Gasteiger partial charge in [-0.2, -0.15) is 0 Å². The molecule has 0 radical (unpaired) electrons. The highest BCUT2D eigenvalue weighted by atomic mass is 15.1. The molecule has 246 valence electrons. The molecule has 4 aromatic rings. The molecular formula is C45H61N. The minimum atomic E-state index is 0.584. The zero-order valence-electron chi connectivity index (χ0n) is 30.2. The molecule has 0 aliphatic heterocycles. The standard InChI is InChI=1S/C45H61N/c1-8-12-14-16-19-38(11-4)41-32-35(6)45(36(7)33-41)40-24-30-44(31-25-40)46(42-26-20-37(21-27-42)18-15-13-9-2)43-28-22-39(23-29-43)34(5)17-10-3/h20-34,38H,8-19H2,1-7H3. The molecule has 0 saturated heterocycles. The van der Waals surface area contributed by atoms with E-state index in [4.69, 9.17) is 0 Å². The van der Waals surface area contributed by atoms with Gasteiger partial charge < -0.3 is 4.90 Å². The van der Waals surface area contributed by atoms with Gasteiger partial charge in [0.1, 0.15) is 0 Å². The first-order chi connectivity index (χ1) is 22.4. The van der Waals surface area contributed by atoms with Crippen molar-refractivity contribution < 1.29 is 0 Å². The fourth-order valence-electron chi connectivity index (χ4n) is 7.28. The summed E-state index contributed by atoms with van der Waals surface area (Å²) in [5.74, 6) is 1.24. The molecule has 0 amide bonds. The molecule has 0 fully saturated rings. The summed E-state index contributed by atoms with van der Waals surface area (Å²) in [7, 11) is 0. The third kappa shape index (κ3) is 9.37. The number of benzene rings is 4. The van der Waals surface area contributed by atoms with Crippen molar-refractivity contribution in [3.63, 3.8) is 0 Å². The van der Waals surface area contributed by atoms with Crippen molar-refractivity contribution in [2.24, 2.45) is 0 Å². The van der Waals surface area contributed by atoms with Gasteiger partial charge in [-0.3, -0.25) is 0 Å². The predicted octanol–water partition coefficient (Wildman–Crippen LogP) is 14.5. The summed E-state index contributed by atoms with van der Waals surface area (Å²) < 4.78 is 0. The smallest absolute Gasteiger partial charge is 0.0462 e. The Morgan fingerprint density at radius 2 is 1.09 bits per heavy atom. The van der Waals surface area contributed by atoms with Crippen molar-refractivity contribution in [2.45, 2.75) is 137 Å². The molecule has 0 spiro atoms. The van der Waals surface area contributed by atoms with Crippen LogP contribution in [0.5, 0.6) is 0 Å². The second-order valence-corrected chi connectivity index (χ2v) is 13.8. The van der Waals surface area contributed by atoms with Crippen molar-refractivity contribution >= 4 is 17.1 Å². The van der Waals surface area contributed by atoms with E-state index >= 15 is 0 Å². The van der Waals surface area contributed by atoms with Gasteiger partial charge in [-0.05, 0) is 133 Å². The lowest BCUT2D eigenvalue weighted by Crippen LogP contribution is -2.10. The van der Waals surface area contributed by atoms with E-state index < -0.39 is 0 Å². The zero-order valence-corrected chi connectivity index (χ0v) is 30.2. The van der Waals surface area contributed by atoms with Crippen molar-refractivity contribution in [3.8, 4) is 11.1 Å². The molecule has 0 bridgehead atoms. The molecule has 0 saturated carbocycles. The molecular weight excluding hydrogens is 555 g/mol. The van der Waals surface area contributed by atoms with Gasteiger partial charge in [0.25, 0.3) is 0 Å². The largest absolute Gasteiger partial charge is 0.311 e. The second kappa shape index (κ2) is 18.1. The van der Waals surface area contributed by atoms with Crippen LogP contribution in [0, 0.1) is 13.8 Å². The van der Waals surface area contributed by atoms with Gasteiger partial charge >= 0.3 is 0 Å². The Hall–Kier alpha value is -3.32. The van der Waals surface area contributed by atoms with E-state index in [2.05, 4.69) is 138 Å². The van der Waals surface area contributed by atoms with E-state index in [1.54, 1.807) is 0 Å². The maximum atomic E-state index is 2.47. The molecule has 2 atom stereocenters. The monoisotopic (exact) mass is 615 g/mol. The Balaban J connectivity index is 1.63. The van der Waals surface area contributed by atoms with Crippen LogP contribution in [-0.2, 0) is 6.42 Å². The number of anilines is 3. The van der Waals surface area contributed by atoms with Gasteiger partial charge in [-0.15, -0.1) is 0 Å². The average molecular weight is 616 g/mol. The van der Waals surface area contributed by atoms with Crippen LogP contribution in [0.2, 0.25) is 0 Å². The Morgan fingerprint density at radius 3 is 1.63 bits per heavy atom. The van der Waals surface area contributed by atoms with Crippen LogP contribution in [0.25, 0.3) is 11.1 Å². The Kier molecular flexibility index (Phi) is 14.0. The molecule has 0 aromatic heterocycles. The lowest BCUT2D eigenvalue weighted by Gasteiger charge is -2.27. The maximum absolute atomic E-state index is 2.47. The van der Waals surface area contributed by atoms with Crippen LogP contribution in [0.4, 0.5) is 17.1 Å². The van der Waals surface area contributed by atoms with Gasteiger partial charge in [0.05, 0.1) is 0 Å². The van der Waals surface area contributed by atoms with E-state index in [-0.39, 0.29) is 0 Å². The average Bonchev–Trinajstić information content (AvgIpc) is 3.06. The van der Waals surface area contributed by atoms with Crippen molar-refractivity contribution in [1.29, 1.82) is 0 Å². The highest BCUT2D eigenvalue weighted by molar-refractivity contribution is 5.79. The quantitative estimate of drug-likeness (QED) is 0.101. The summed E-state index contributed by atoms with van der Waals surface area (Å²) in [5.41, 5.74) is 13.5. The number of hydrogen-bond acceptors (Lipinski definition) is 1. The number of rotatable bonds is 18. The molecule has 2 unspecified atom stereocenters. The van der Waals surface area contributed by atoms with Crippen molar-refractivity contribution in [3.05, 3.63) is 113 Å². The maximum Gasteiger partial charge on any atom is 0.0462 e. The minimum absolute atomic E-state index is 0.584. The first-order valence-electron chi connectivity index (χ1n) is 18.6. The number of hydrogen-bond donors (Lipinski definition) is 0. The van der Waals surface area contributed by atoms with Crippen LogP contribution < -0.4 is 4.90 Å². The van der Waals surface area contributed by atoms with E-state index in [1.807, 2.05) is 0 Å². The van der Waals surface area contributed by atoms with Crippen LogP contribution in [0.15, 0.2) is 84.9 Å². The predicted molar refractivity (Wildman–Crippen MR) is 204 cm³/mol. The number of aryl methyl sites for hydroxylation is 3. The third-order valence-electron chi connectivity index (χ3n) is 10.0. The van der Waals surface area contributed by atoms with Crippen LogP contribution in [0.3, 0.4) is 0 Å². The minimum Gasteiger partial charge on any atom is -0.311 e. The molecule has 0 N–H and O–H groups in total. The topological polar surface area (TPSA) is 3.24 Å². The molecule has 0 heterocycles. The lowest BCUT2D eigenvalue weighted by molar-refractivity contribution is 0.542. The lowest BCUT2D eigenvalue weighted by atomic mass is 9.85. The van der Waals surface area contributed by atoms with Crippen molar-refractivity contribution in [2.75, 3.05) is 4.90 Å². The first-order valence-corrected chi connectivity index (χ1v) is 18.6. The van der Waals surface area contributed by atoms with Gasteiger partial charge in [-0.1, -0.05) is 128 Å². The second-order valence-electron chi connectivity index (χ2n) is 13.8. The van der Waals surface area contributed by atoms with Gasteiger partial charge in [-0.25, -0.2) is 0 Å². The molecule has 0 aliphatic carbocycles. The summed E-state index contributed by atoms with van der Waals surface area (Å²) in [6.45, 7) is 16.2. The van der Waals surface area contributed by atoms with E-state index in [0.29, 0.717) is 11.8 Å². The SMILES string of the molecule is CCCCCCC(CC)c1cc(C)c(-c2ccc(N(c3ccc(CCCCC)cc3)c3ccc(C(C)CCC)cc3)cc2)c(C)c1. The van der Waals surface area contributed by atoms with Crippen LogP contribution in [0.1, 0.15) is 145 Å². The summed E-state index contributed by atoms with van der Waals surface area (Å²) >= 11 is 0. The normalized spacial score (nSPS) is 12.7. The molecule has 46 heavy (non-hydrogen) atoms. The Labute approximate surface area is 282 Å². The Bertz CT molecular complexity index is 1420. The van der Waals surface area contributed by atoms with E-state index in [0.717, 1.165) is 6.42 Å². The van der Waals surface area contributed by atoms with Crippen molar-refractivity contribution in [1.82, 2.24) is 0 Å².